The third kappa shape index (κ3) is 2.32. The van der Waals surface area contributed by atoms with Gasteiger partial charge in [0.15, 0.2) is 0 Å². The number of para-hydroxylation sites is 1. The average Bonchev–Trinajstić information content (AvgIpc) is 2.37. The number of rotatable bonds is 3. The van der Waals surface area contributed by atoms with Crippen LogP contribution in [0.1, 0.15) is 17.0 Å². The SMILES string of the molecule is Nc1c(Cl)cccc1C(C=O)c1ccccc1. The van der Waals surface area contributed by atoms with Crippen LogP contribution in [-0.2, 0) is 4.79 Å². The van der Waals surface area contributed by atoms with Crippen LogP contribution in [-0.4, -0.2) is 6.29 Å². The van der Waals surface area contributed by atoms with E-state index in [1.54, 1.807) is 12.1 Å². The maximum absolute atomic E-state index is 11.3. The van der Waals surface area contributed by atoms with Crippen molar-refractivity contribution in [3.63, 3.8) is 0 Å². The Balaban J connectivity index is 2.50. The lowest BCUT2D eigenvalue weighted by atomic mass is 9.91. The van der Waals surface area contributed by atoms with Crippen molar-refractivity contribution < 1.29 is 4.79 Å². The maximum atomic E-state index is 11.3. The van der Waals surface area contributed by atoms with E-state index in [4.69, 9.17) is 17.3 Å². The van der Waals surface area contributed by atoms with Gasteiger partial charge in [-0.2, -0.15) is 0 Å². The van der Waals surface area contributed by atoms with Crippen LogP contribution in [0.2, 0.25) is 5.02 Å². The van der Waals surface area contributed by atoms with Gasteiger partial charge in [0.1, 0.15) is 6.29 Å². The van der Waals surface area contributed by atoms with Gasteiger partial charge in [-0.1, -0.05) is 54.1 Å². The van der Waals surface area contributed by atoms with Crippen LogP contribution >= 0.6 is 11.6 Å². The van der Waals surface area contributed by atoms with Gasteiger partial charge in [0.25, 0.3) is 0 Å². The van der Waals surface area contributed by atoms with Gasteiger partial charge in [0.2, 0.25) is 0 Å². The van der Waals surface area contributed by atoms with Gasteiger partial charge in [-0.15, -0.1) is 0 Å². The Morgan fingerprint density at radius 1 is 1.06 bits per heavy atom. The van der Waals surface area contributed by atoms with Crippen molar-refractivity contribution in [3.8, 4) is 0 Å². The molecule has 1 unspecified atom stereocenters. The molecule has 3 heteroatoms. The van der Waals surface area contributed by atoms with E-state index in [1.807, 2.05) is 36.4 Å². The van der Waals surface area contributed by atoms with E-state index < -0.39 is 0 Å². The largest absolute Gasteiger partial charge is 0.397 e. The molecule has 1 atom stereocenters. The number of halogens is 1. The Kier molecular flexibility index (Phi) is 3.45. The second-order valence-corrected chi connectivity index (χ2v) is 4.17. The molecular weight excluding hydrogens is 234 g/mol. The summed E-state index contributed by atoms with van der Waals surface area (Å²) >= 11 is 5.96. The van der Waals surface area contributed by atoms with E-state index in [0.717, 1.165) is 17.4 Å². The second-order valence-electron chi connectivity index (χ2n) is 3.77. The first-order chi connectivity index (χ1) is 8.24. The van der Waals surface area contributed by atoms with Crippen molar-refractivity contribution in [1.82, 2.24) is 0 Å². The van der Waals surface area contributed by atoms with Crippen LogP contribution in [0.5, 0.6) is 0 Å². The molecule has 0 bridgehead atoms. The molecule has 2 N–H and O–H groups in total. The minimum absolute atomic E-state index is 0.366. The van der Waals surface area contributed by atoms with Crippen LogP contribution in [0, 0.1) is 0 Å². The number of anilines is 1. The molecule has 0 heterocycles. The molecule has 2 aromatic rings. The van der Waals surface area contributed by atoms with Crippen molar-refractivity contribution in [2.45, 2.75) is 5.92 Å². The summed E-state index contributed by atoms with van der Waals surface area (Å²) in [6.45, 7) is 0. The molecule has 86 valence electrons. The number of carbonyl (C=O) groups is 1. The molecule has 0 spiro atoms. The Labute approximate surface area is 105 Å². The number of nitrogen functional groups attached to an aromatic ring is 1. The minimum Gasteiger partial charge on any atom is -0.397 e. The third-order valence-corrected chi connectivity index (χ3v) is 3.05. The van der Waals surface area contributed by atoms with Gasteiger partial charge in [-0.25, -0.2) is 0 Å². The second kappa shape index (κ2) is 5.02. The molecule has 2 nitrogen and oxygen atoms in total. The topological polar surface area (TPSA) is 43.1 Å². The first kappa shape index (κ1) is 11.7. The van der Waals surface area contributed by atoms with Crippen molar-refractivity contribution >= 4 is 23.6 Å². The van der Waals surface area contributed by atoms with Crippen molar-refractivity contribution in [3.05, 3.63) is 64.7 Å². The van der Waals surface area contributed by atoms with E-state index in [9.17, 15) is 4.79 Å². The Hall–Kier alpha value is -1.80. The van der Waals surface area contributed by atoms with Gasteiger partial charge < -0.3 is 10.5 Å². The number of benzene rings is 2. The molecule has 0 aliphatic carbocycles. The minimum atomic E-state index is -0.366. The van der Waals surface area contributed by atoms with Crippen LogP contribution < -0.4 is 5.73 Å². The Morgan fingerprint density at radius 3 is 2.41 bits per heavy atom. The number of hydrogen-bond acceptors (Lipinski definition) is 2. The summed E-state index contributed by atoms with van der Waals surface area (Å²) in [5.41, 5.74) is 8.04. The van der Waals surface area contributed by atoms with E-state index in [2.05, 4.69) is 0 Å². The quantitative estimate of drug-likeness (QED) is 0.666. The number of hydrogen-bond donors (Lipinski definition) is 1. The highest BCUT2D eigenvalue weighted by atomic mass is 35.5. The van der Waals surface area contributed by atoms with E-state index in [-0.39, 0.29) is 5.92 Å². The highest BCUT2D eigenvalue weighted by Gasteiger charge is 2.16. The first-order valence-corrected chi connectivity index (χ1v) is 5.66. The zero-order valence-electron chi connectivity index (χ0n) is 9.14. The van der Waals surface area contributed by atoms with Crippen LogP contribution in [0.15, 0.2) is 48.5 Å². The van der Waals surface area contributed by atoms with Crippen LogP contribution in [0.3, 0.4) is 0 Å². The fourth-order valence-corrected chi connectivity index (χ4v) is 2.00. The predicted molar refractivity (Wildman–Crippen MR) is 70.2 cm³/mol. The maximum Gasteiger partial charge on any atom is 0.131 e. The molecule has 0 radical (unpaired) electrons. The molecular formula is C14H12ClNO. The van der Waals surface area contributed by atoms with Gasteiger partial charge >= 0.3 is 0 Å². The van der Waals surface area contributed by atoms with Gasteiger partial charge in [-0.3, -0.25) is 0 Å². The fourth-order valence-electron chi connectivity index (χ4n) is 1.82. The summed E-state index contributed by atoms with van der Waals surface area (Å²) in [5.74, 6) is -0.366. The number of aldehydes is 1. The van der Waals surface area contributed by atoms with Crippen molar-refractivity contribution in [2.24, 2.45) is 0 Å². The van der Waals surface area contributed by atoms with Crippen molar-refractivity contribution in [2.75, 3.05) is 5.73 Å². The summed E-state index contributed by atoms with van der Waals surface area (Å²) in [4.78, 5) is 11.3. The fraction of sp³-hybridized carbons (Fsp3) is 0.0714. The normalized spacial score (nSPS) is 12.1. The lowest BCUT2D eigenvalue weighted by molar-refractivity contribution is -0.108. The lowest BCUT2D eigenvalue weighted by Gasteiger charge is -2.14. The zero-order valence-corrected chi connectivity index (χ0v) is 9.89. The van der Waals surface area contributed by atoms with E-state index >= 15 is 0 Å². The van der Waals surface area contributed by atoms with E-state index in [1.165, 1.54) is 0 Å². The Bertz CT molecular complexity index is 525. The molecule has 0 aliphatic heterocycles. The Morgan fingerprint density at radius 2 is 1.76 bits per heavy atom. The van der Waals surface area contributed by atoms with Crippen LogP contribution in [0.25, 0.3) is 0 Å². The molecule has 17 heavy (non-hydrogen) atoms. The smallest absolute Gasteiger partial charge is 0.131 e. The summed E-state index contributed by atoms with van der Waals surface area (Å²) in [6.07, 6.45) is 0.886. The molecule has 2 rings (SSSR count). The molecule has 0 aromatic heterocycles. The van der Waals surface area contributed by atoms with Crippen molar-refractivity contribution in [1.29, 1.82) is 0 Å². The molecule has 0 saturated carbocycles. The molecule has 0 saturated heterocycles. The van der Waals surface area contributed by atoms with E-state index in [0.29, 0.717) is 10.7 Å². The van der Waals surface area contributed by atoms with Gasteiger partial charge in [0.05, 0.1) is 16.6 Å². The highest BCUT2D eigenvalue weighted by molar-refractivity contribution is 6.33. The molecule has 0 aliphatic rings. The van der Waals surface area contributed by atoms with Gasteiger partial charge in [-0.05, 0) is 17.2 Å². The molecule has 0 amide bonds. The number of carbonyl (C=O) groups excluding carboxylic acids is 1. The molecule has 0 fully saturated rings. The first-order valence-electron chi connectivity index (χ1n) is 5.28. The lowest BCUT2D eigenvalue weighted by Crippen LogP contribution is -2.06. The van der Waals surface area contributed by atoms with Gasteiger partial charge in [0, 0.05) is 0 Å². The summed E-state index contributed by atoms with van der Waals surface area (Å²) in [6, 6.07) is 14.8. The third-order valence-electron chi connectivity index (χ3n) is 2.72. The summed E-state index contributed by atoms with van der Waals surface area (Å²) in [7, 11) is 0. The highest BCUT2D eigenvalue weighted by Crippen LogP contribution is 2.31. The monoisotopic (exact) mass is 245 g/mol. The molecule has 2 aromatic carbocycles. The zero-order chi connectivity index (χ0) is 12.3. The summed E-state index contributed by atoms with van der Waals surface area (Å²) < 4.78 is 0. The predicted octanol–water partition coefficient (Wildman–Crippen LogP) is 3.25. The summed E-state index contributed by atoms with van der Waals surface area (Å²) in [5, 5.41) is 0.477. The number of nitrogens with two attached hydrogens (primary N) is 1. The average molecular weight is 246 g/mol. The van der Waals surface area contributed by atoms with Crippen LogP contribution in [0.4, 0.5) is 5.69 Å². The standard InChI is InChI=1S/C14H12ClNO/c15-13-8-4-7-11(14(13)16)12(9-17)10-5-2-1-3-6-10/h1-9,12H,16H2.